The highest BCUT2D eigenvalue weighted by Gasteiger charge is 2.34. The summed E-state index contributed by atoms with van der Waals surface area (Å²) in [7, 11) is 0. The second-order valence-corrected chi connectivity index (χ2v) is 8.67. The van der Waals surface area contributed by atoms with E-state index < -0.39 is 6.17 Å². The van der Waals surface area contributed by atoms with E-state index in [2.05, 4.69) is 32.2 Å². The number of piperidine rings is 1. The Kier molecular flexibility index (Phi) is 6.02. The fourth-order valence-electron chi connectivity index (χ4n) is 4.53. The van der Waals surface area contributed by atoms with E-state index in [1.165, 1.54) is 5.56 Å². The van der Waals surface area contributed by atoms with Crippen LogP contribution in [-0.2, 0) is 6.54 Å². The zero-order valence-electron chi connectivity index (χ0n) is 17.6. The fraction of sp³-hybridized carbons (Fsp3) is 0.231. The van der Waals surface area contributed by atoms with E-state index in [9.17, 15) is 0 Å². The number of alkyl halides is 1. The van der Waals surface area contributed by atoms with Gasteiger partial charge in [0, 0.05) is 53.2 Å². The van der Waals surface area contributed by atoms with E-state index in [-0.39, 0.29) is 5.92 Å². The van der Waals surface area contributed by atoms with Crippen LogP contribution in [0.4, 0.5) is 4.39 Å². The lowest BCUT2D eigenvalue weighted by molar-refractivity contribution is 0.111. The van der Waals surface area contributed by atoms with Gasteiger partial charge in [0.25, 0.3) is 0 Å². The Hall–Kier alpha value is -3.02. The van der Waals surface area contributed by atoms with Crippen LogP contribution < -0.4 is 0 Å². The molecule has 1 aliphatic heterocycles. The molecule has 1 N–H and O–H groups in total. The lowest BCUT2D eigenvalue weighted by atomic mass is 9.86. The van der Waals surface area contributed by atoms with Crippen molar-refractivity contribution in [2.45, 2.75) is 25.1 Å². The molecule has 3 heterocycles. The maximum Gasteiger partial charge on any atom is 0.121 e. The van der Waals surface area contributed by atoms with Gasteiger partial charge >= 0.3 is 0 Å². The third-order valence-electron chi connectivity index (χ3n) is 6.13. The van der Waals surface area contributed by atoms with Crippen molar-refractivity contribution >= 4 is 11.6 Å². The van der Waals surface area contributed by atoms with Crippen molar-refractivity contribution in [2.75, 3.05) is 13.1 Å². The molecule has 0 amide bonds. The first-order chi connectivity index (χ1) is 15.7. The molecule has 0 aliphatic carbocycles. The number of nitrogens with zero attached hydrogens (tertiary/aromatic N) is 3. The Labute approximate surface area is 192 Å². The average Bonchev–Trinajstić information content (AvgIpc) is 3.26. The van der Waals surface area contributed by atoms with E-state index in [1.807, 2.05) is 54.6 Å². The number of pyridine rings is 1. The molecule has 0 radical (unpaired) electrons. The van der Waals surface area contributed by atoms with Crippen molar-refractivity contribution < 1.29 is 4.39 Å². The number of hydrogen-bond donors (Lipinski definition) is 1. The minimum Gasteiger partial charge on any atom is -0.296 e. The molecule has 5 rings (SSSR count). The first-order valence-corrected chi connectivity index (χ1v) is 11.2. The van der Waals surface area contributed by atoms with Gasteiger partial charge in [0.1, 0.15) is 11.9 Å². The van der Waals surface area contributed by atoms with Gasteiger partial charge in [-0.2, -0.15) is 5.10 Å². The number of likely N-dealkylation sites (tertiary alicyclic amines) is 1. The highest BCUT2D eigenvalue weighted by molar-refractivity contribution is 6.30. The zero-order chi connectivity index (χ0) is 21.9. The molecule has 0 bridgehead atoms. The van der Waals surface area contributed by atoms with Gasteiger partial charge in [-0.1, -0.05) is 54.1 Å². The summed E-state index contributed by atoms with van der Waals surface area (Å²) in [5, 5.41) is 8.48. The maximum atomic E-state index is 15.5. The summed E-state index contributed by atoms with van der Waals surface area (Å²) in [5.74, 6) is -0.237. The summed E-state index contributed by atoms with van der Waals surface area (Å²) >= 11 is 6.08. The number of benzene rings is 2. The second kappa shape index (κ2) is 9.23. The molecule has 2 aromatic carbocycles. The van der Waals surface area contributed by atoms with Crippen LogP contribution in [0.2, 0.25) is 5.02 Å². The zero-order valence-corrected chi connectivity index (χ0v) is 18.3. The van der Waals surface area contributed by atoms with Gasteiger partial charge in [0.2, 0.25) is 0 Å². The van der Waals surface area contributed by atoms with Crippen LogP contribution in [0, 0.1) is 0 Å². The van der Waals surface area contributed by atoms with Crippen LogP contribution in [0.15, 0.2) is 79.1 Å². The predicted molar refractivity (Wildman–Crippen MR) is 126 cm³/mol. The van der Waals surface area contributed by atoms with Crippen LogP contribution >= 0.6 is 11.6 Å². The number of aromatic nitrogens is 3. The molecule has 1 saturated heterocycles. The van der Waals surface area contributed by atoms with Crippen molar-refractivity contribution in [3.05, 3.63) is 95.4 Å². The lowest BCUT2D eigenvalue weighted by Gasteiger charge is -2.34. The van der Waals surface area contributed by atoms with Gasteiger partial charge in [0.05, 0.1) is 0 Å². The average molecular weight is 447 g/mol. The summed E-state index contributed by atoms with van der Waals surface area (Å²) in [5.41, 5.74) is 5.74. The quantitative estimate of drug-likeness (QED) is 0.401. The highest BCUT2D eigenvalue weighted by Crippen LogP contribution is 2.40. The lowest BCUT2D eigenvalue weighted by Crippen LogP contribution is -2.40. The molecule has 0 spiro atoms. The van der Waals surface area contributed by atoms with Crippen LogP contribution in [0.5, 0.6) is 0 Å². The summed E-state index contributed by atoms with van der Waals surface area (Å²) in [6.45, 7) is 2.01. The SMILES string of the molecule is FC1CN(Cc2ccccc2)CCC1c1[nH]nc(-c2ccc(Cl)cc2)c1-c1ccncc1. The summed E-state index contributed by atoms with van der Waals surface area (Å²) in [6, 6.07) is 21.7. The van der Waals surface area contributed by atoms with Crippen molar-refractivity contribution in [3.8, 4) is 22.4 Å². The molecule has 2 unspecified atom stereocenters. The second-order valence-electron chi connectivity index (χ2n) is 8.24. The molecule has 32 heavy (non-hydrogen) atoms. The number of rotatable bonds is 5. The minimum absolute atomic E-state index is 0.237. The Morgan fingerprint density at radius 1 is 0.969 bits per heavy atom. The molecule has 1 fully saturated rings. The van der Waals surface area contributed by atoms with E-state index in [1.54, 1.807) is 12.4 Å². The van der Waals surface area contributed by atoms with Gasteiger partial charge in [-0.05, 0) is 48.4 Å². The molecule has 4 aromatic rings. The summed E-state index contributed by atoms with van der Waals surface area (Å²) < 4.78 is 15.5. The van der Waals surface area contributed by atoms with E-state index >= 15 is 4.39 Å². The van der Waals surface area contributed by atoms with Crippen molar-refractivity contribution in [1.29, 1.82) is 0 Å². The van der Waals surface area contributed by atoms with Gasteiger partial charge in [0.15, 0.2) is 0 Å². The monoisotopic (exact) mass is 446 g/mol. The summed E-state index contributed by atoms with van der Waals surface area (Å²) in [4.78, 5) is 6.34. The number of nitrogens with one attached hydrogen (secondary N) is 1. The number of aromatic amines is 1. The third kappa shape index (κ3) is 4.31. The van der Waals surface area contributed by atoms with Crippen molar-refractivity contribution in [2.24, 2.45) is 0 Å². The fourth-order valence-corrected chi connectivity index (χ4v) is 4.66. The van der Waals surface area contributed by atoms with E-state index in [0.717, 1.165) is 47.6 Å². The van der Waals surface area contributed by atoms with Crippen LogP contribution in [-0.4, -0.2) is 39.3 Å². The topological polar surface area (TPSA) is 44.8 Å². The van der Waals surface area contributed by atoms with Gasteiger partial charge in [-0.15, -0.1) is 0 Å². The third-order valence-corrected chi connectivity index (χ3v) is 6.38. The minimum atomic E-state index is -0.980. The predicted octanol–water partition coefficient (Wildman–Crippen LogP) is 6.12. The summed E-state index contributed by atoms with van der Waals surface area (Å²) in [6.07, 6.45) is 3.26. The van der Waals surface area contributed by atoms with Crippen LogP contribution in [0.3, 0.4) is 0 Å². The maximum absolute atomic E-state index is 15.5. The molecular weight excluding hydrogens is 423 g/mol. The number of halogens is 2. The Balaban J connectivity index is 1.45. The largest absolute Gasteiger partial charge is 0.296 e. The molecule has 2 atom stereocenters. The molecular formula is C26H24ClFN4. The van der Waals surface area contributed by atoms with Crippen molar-refractivity contribution in [1.82, 2.24) is 20.1 Å². The normalized spacial score (nSPS) is 19.2. The van der Waals surface area contributed by atoms with Gasteiger partial charge in [-0.3, -0.25) is 15.0 Å². The van der Waals surface area contributed by atoms with Crippen LogP contribution in [0.1, 0.15) is 23.6 Å². The standard InChI is InChI=1S/C26H24ClFN4/c27-21-8-6-20(7-9-21)25-24(19-10-13-29-14-11-19)26(31-30-25)22-12-15-32(17-23(22)28)16-18-4-2-1-3-5-18/h1-11,13-14,22-23H,12,15-17H2,(H,30,31). The smallest absolute Gasteiger partial charge is 0.121 e. The first kappa shape index (κ1) is 20.9. The molecule has 162 valence electrons. The molecule has 2 aromatic heterocycles. The van der Waals surface area contributed by atoms with E-state index in [0.29, 0.717) is 11.6 Å². The highest BCUT2D eigenvalue weighted by atomic mass is 35.5. The van der Waals surface area contributed by atoms with Gasteiger partial charge < -0.3 is 0 Å². The molecule has 4 nitrogen and oxygen atoms in total. The number of H-pyrrole nitrogens is 1. The molecule has 1 aliphatic rings. The Morgan fingerprint density at radius 2 is 1.72 bits per heavy atom. The molecule has 0 saturated carbocycles. The number of hydrogen-bond acceptors (Lipinski definition) is 3. The van der Waals surface area contributed by atoms with E-state index in [4.69, 9.17) is 11.6 Å². The van der Waals surface area contributed by atoms with Crippen molar-refractivity contribution in [3.63, 3.8) is 0 Å². The Bertz CT molecular complexity index is 1160. The first-order valence-electron chi connectivity index (χ1n) is 10.8. The molecule has 6 heteroatoms. The van der Waals surface area contributed by atoms with Crippen LogP contribution in [0.25, 0.3) is 22.4 Å². The van der Waals surface area contributed by atoms with Gasteiger partial charge in [-0.25, -0.2) is 4.39 Å². The Morgan fingerprint density at radius 3 is 2.44 bits per heavy atom.